The van der Waals surface area contributed by atoms with Crippen molar-refractivity contribution in [1.82, 2.24) is 4.90 Å². The van der Waals surface area contributed by atoms with Gasteiger partial charge in [-0.1, -0.05) is 23.8 Å². The molecule has 0 atom stereocenters. The summed E-state index contributed by atoms with van der Waals surface area (Å²) in [5.74, 6) is 0.0554. The molecule has 4 nitrogen and oxygen atoms in total. The zero-order valence-electron chi connectivity index (χ0n) is 15.6. The summed E-state index contributed by atoms with van der Waals surface area (Å²) in [4.78, 5) is 26.5. The molecule has 3 rings (SSSR count). The number of piperidine rings is 1. The minimum absolute atomic E-state index is 0.0808. The van der Waals surface area contributed by atoms with Gasteiger partial charge in [0, 0.05) is 30.8 Å². The summed E-state index contributed by atoms with van der Waals surface area (Å²) in [6, 6.07) is 13.6. The van der Waals surface area contributed by atoms with Crippen LogP contribution in [-0.2, 0) is 4.79 Å². The average molecular weight is 368 g/mol. The molecule has 2 aromatic rings. The van der Waals surface area contributed by atoms with E-state index in [0.717, 1.165) is 43.5 Å². The molecule has 2 aromatic carbocycles. The van der Waals surface area contributed by atoms with E-state index in [1.54, 1.807) is 12.1 Å². The Balaban J connectivity index is 1.42. The summed E-state index contributed by atoms with van der Waals surface area (Å²) < 4.78 is 13.2. The number of anilines is 1. The zero-order chi connectivity index (χ0) is 19.2. The smallest absolute Gasteiger partial charge is 0.253 e. The quantitative estimate of drug-likeness (QED) is 0.850. The van der Waals surface area contributed by atoms with Gasteiger partial charge in [0.1, 0.15) is 5.82 Å². The van der Waals surface area contributed by atoms with Gasteiger partial charge in [-0.15, -0.1) is 0 Å². The van der Waals surface area contributed by atoms with Crippen molar-refractivity contribution in [2.75, 3.05) is 18.4 Å². The normalized spacial score (nSPS) is 14.8. The Morgan fingerprint density at radius 2 is 1.81 bits per heavy atom. The van der Waals surface area contributed by atoms with Crippen LogP contribution in [0.1, 0.15) is 41.6 Å². The first-order valence-electron chi connectivity index (χ1n) is 9.42. The number of rotatable bonds is 5. The topological polar surface area (TPSA) is 49.4 Å². The molecule has 1 aliphatic heterocycles. The molecular weight excluding hydrogens is 343 g/mol. The Bertz CT molecular complexity index is 796. The Hall–Kier alpha value is -2.69. The van der Waals surface area contributed by atoms with E-state index >= 15 is 0 Å². The third kappa shape index (κ3) is 5.39. The van der Waals surface area contributed by atoms with Crippen LogP contribution in [0.4, 0.5) is 10.1 Å². The Labute approximate surface area is 159 Å². The first kappa shape index (κ1) is 19.1. The molecule has 0 saturated carbocycles. The van der Waals surface area contributed by atoms with Crippen molar-refractivity contribution in [3.8, 4) is 0 Å². The second-order valence-electron chi connectivity index (χ2n) is 7.20. The number of benzene rings is 2. The number of carbonyl (C=O) groups excluding carboxylic acids is 2. The molecule has 0 bridgehead atoms. The lowest BCUT2D eigenvalue weighted by Gasteiger charge is -2.32. The fourth-order valence-corrected chi connectivity index (χ4v) is 3.43. The number of likely N-dealkylation sites (tertiary alicyclic amines) is 1. The van der Waals surface area contributed by atoms with Crippen LogP contribution in [0, 0.1) is 18.7 Å². The van der Waals surface area contributed by atoms with Crippen molar-refractivity contribution in [2.45, 2.75) is 32.6 Å². The van der Waals surface area contributed by atoms with Crippen molar-refractivity contribution in [3.63, 3.8) is 0 Å². The summed E-state index contributed by atoms with van der Waals surface area (Å²) in [6.07, 6.45) is 3.01. The second kappa shape index (κ2) is 8.80. The maximum absolute atomic E-state index is 13.2. The van der Waals surface area contributed by atoms with E-state index in [-0.39, 0.29) is 17.6 Å². The second-order valence-corrected chi connectivity index (χ2v) is 7.20. The molecule has 0 unspecified atom stereocenters. The SMILES string of the molecule is Cc1ccc(C(=O)N2CCC(CCC(=O)Nc3cccc(F)c3)CC2)cc1. The standard InChI is InChI=1S/C22H25FN2O2/c1-16-5-8-18(9-6-16)22(27)25-13-11-17(12-14-25)7-10-21(26)24-20-4-2-3-19(23)15-20/h2-6,8-9,15,17H,7,10-14H2,1H3,(H,24,26). The molecule has 1 N–H and O–H groups in total. The van der Waals surface area contributed by atoms with Crippen LogP contribution in [0.25, 0.3) is 0 Å². The van der Waals surface area contributed by atoms with Crippen molar-refractivity contribution in [2.24, 2.45) is 5.92 Å². The molecule has 142 valence electrons. The third-order valence-electron chi connectivity index (χ3n) is 5.09. The summed E-state index contributed by atoms with van der Waals surface area (Å²) in [5, 5.41) is 2.73. The number of halogens is 1. The summed E-state index contributed by atoms with van der Waals surface area (Å²) in [5.41, 5.74) is 2.36. The van der Waals surface area contributed by atoms with Gasteiger partial charge in [-0.3, -0.25) is 9.59 Å². The van der Waals surface area contributed by atoms with Gasteiger partial charge in [-0.25, -0.2) is 4.39 Å². The lowest BCUT2D eigenvalue weighted by atomic mass is 9.91. The van der Waals surface area contributed by atoms with Gasteiger partial charge >= 0.3 is 0 Å². The first-order chi connectivity index (χ1) is 13.0. The van der Waals surface area contributed by atoms with E-state index in [9.17, 15) is 14.0 Å². The van der Waals surface area contributed by atoms with E-state index in [4.69, 9.17) is 0 Å². The number of hydrogen-bond donors (Lipinski definition) is 1. The van der Waals surface area contributed by atoms with E-state index < -0.39 is 0 Å². The van der Waals surface area contributed by atoms with Gasteiger partial charge in [-0.05, 0) is 62.4 Å². The zero-order valence-corrected chi connectivity index (χ0v) is 15.6. The molecule has 1 heterocycles. The van der Waals surface area contributed by atoms with Crippen molar-refractivity contribution < 1.29 is 14.0 Å². The van der Waals surface area contributed by atoms with Crippen LogP contribution in [-0.4, -0.2) is 29.8 Å². The molecule has 27 heavy (non-hydrogen) atoms. The minimum Gasteiger partial charge on any atom is -0.339 e. The highest BCUT2D eigenvalue weighted by atomic mass is 19.1. The molecule has 1 fully saturated rings. The largest absolute Gasteiger partial charge is 0.339 e. The lowest BCUT2D eigenvalue weighted by Crippen LogP contribution is -2.38. The maximum atomic E-state index is 13.2. The van der Waals surface area contributed by atoms with Crippen molar-refractivity contribution >= 4 is 17.5 Å². The van der Waals surface area contributed by atoms with Crippen molar-refractivity contribution in [3.05, 3.63) is 65.5 Å². The van der Waals surface area contributed by atoms with Crippen LogP contribution in [0.5, 0.6) is 0 Å². The summed E-state index contributed by atoms with van der Waals surface area (Å²) in [7, 11) is 0. The van der Waals surface area contributed by atoms with E-state index in [1.807, 2.05) is 36.1 Å². The third-order valence-corrected chi connectivity index (χ3v) is 5.09. The molecule has 1 aliphatic rings. The molecule has 0 aliphatic carbocycles. The van der Waals surface area contributed by atoms with E-state index in [1.165, 1.54) is 12.1 Å². The van der Waals surface area contributed by atoms with Crippen LogP contribution in [0.2, 0.25) is 0 Å². The van der Waals surface area contributed by atoms with Gasteiger partial charge in [0.15, 0.2) is 0 Å². The molecule has 0 aromatic heterocycles. The number of nitrogens with one attached hydrogen (secondary N) is 1. The highest BCUT2D eigenvalue weighted by Crippen LogP contribution is 2.23. The van der Waals surface area contributed by atoms with Gasteiger partial charge in [0.05, 0.1) is 0 Å². The van der Waals surface area contributed by atoms with Gasteiger partial charge in [0.25, 0.3) is 5.91 Å². The van der Waals surface area contributed by atoms with Crippen LogP contribution in [0.3, 0.4) is 0 Å². The molecule has 0 spiro atoms. The van der Waals surface area contributed by atoms with Crippen LogP contribution < -0.4 is 5.32 Å². The molecule has 5 heteroatoms. The fourth-order valence-electron chi connectivity index (χ4n) is 3.43. The van der Waals surface area contributed by atoms with Crippen LogP contribution >= 0.6 is 0 Å². The Morgan fingerprint density at radius 3 is 2.48 bits per heavy atom. The number of nitrogens with zero attached hydrogens (tertiary/aromatic N) is 1. The molecular formula is C22H25FN2O2. The summed E-state index contributed by atoms with van der Waals surface area (Å²) >= 11 is 0. The minimum atomic E-state index is -0.363. The summed E-state index contributed by atoms with van der Waals surface area (Å²) in [6.45, 7) is 3.45. The van der Waals surface area contributed by atoms with Gasteiger partial charge in [-0.2, -0.15) is 0 Å². The van der Waals surface area contributed by atoms with Crippen molar-refractivity contribution in [1.29, 1.82) is 0 Å². The average Bonchev–Trinajstić information content (AvgIpc) is 2.67. The molecule has 2 amide bonds. The van der Waals surface area contributed by atoms with Gasteiger partial charge < -0.3 is 10.2 Å². The number of amides is 2. The van der Waals surface area contributed by atoms with Crippen LogP contribution in [0.15, 0.2) is 48.5 Å². The first-order valence-corrected chi connectivity index (χ1v) is 9.42. The Kier molecular flexibility index (Phi) is 6.22. The van der Waals surface area contributed by atoms with E-state index in [2.05, 4.69) is 5.32 Å². The fraction of sp³-hybridized carbons (Fsp3) is 0.364. The number of carbonyl (C=O) groups is 2. The highest BCUT2D eigenvalue weighted by molar-refractivity contribution is 5.94. The monoisotopic (exact) mass is 368 g/mol. The predicted molar refractivity (Wildman–Crippen MR) is 104 cm³/mol. The van der Waals surface area contributed by atoms with E-state index in [0.29, 0.717) is 18.0 Å². The maximum Gasteiger partial charge on any atom is 0.253 e. The van der Waals surface area contributed by atoms with Gasteiger partial charge in [0.2, 0.25) is 5.91 Å². The molecule has 1 saturated heterocycles. The number of hydrogen-bond acceptors (Lipinski definition) is 2. The molecule has 0 radical (unpaired) electrons. The lowest BCUT2D eigenvalue weighted by molar-refractivity contribution is -0.116. The predicted octanol–water partition coefficient (Wildman–Crippen LogP) is 4.41. The Morgan fingerprint density at radius 1 is 1.11 bits per heavy atom. The highest BCUT2D eigenvalue weighted by Gasteiger charge is 2.24. The number of aryl methyl sites for hydroxylation is 1.